The highest BCUT2D eigenvalue weighted by Crippen LogP contribution is 2.21. The van der Waals surface area contributed by atoms with Crippen molar-refractivity contribution in [2.45, 2.75) is 26.4 Å². The van der Waals surface area contributed by atoms with Gasteiger partial charge in [-0.05, 0) is 35.7 Å². The summed E-state index contributed by atoms with van der Waals surface area (Å²) in [6, 6.07) is 13.9. The number of nitrogens with zero attached hydrogens (tertiary/aromatic N) is 1. The molecule has 0 fully saturated rings. The number of carboxylic acids is 1. The fourth-order valence-electron chi connectivity index (χ4n) is 2.33. The lowest BCUT2D eigenvalue weighted by Gasteiger charge is -2.10. The Hall–Kier alpha value is -3.68. The van der Waals surface area contributed by atoms with Gasteiger partial charge in [0, 0.05) is 6.54 Å². The zero-order valence-electron chi connectivity index (χ0n) is 16.1. The van der Waals surface area contributed by atoms with E-state index in [9.17, 15) is 19.5 Å². The minimum Gasteiger partial charge on any atom is -0.488 e. The highest BCUT2D eigenvalue weighted by atomic mass is 16.5. The predicted molar refractivity (Wildman–Crippen MR) is 108 cm³/mol. The minimum absolute atomic E-state index is 0.0338. The van der Waals surface area contributed by atoms with Crippen LogP contribution in [0.4, 0.5) is 0 Å². The second-order valence-corrected chi connectivity index (χ2v) is 6.14. The highest BCUT2D eigenvalue weighted by Gasteiger charge is 2.13. The van der Waals surface area contributed by atoms with E-state index in [1.54, 1.807) is 6.07 Å². The SMILES string of the molecule is CCCCNC(=O)C(=O)N/N=C\c1ccc(OCc2ccccc2)c(C(=O)O)c1. The summed E-state index contributed by atoms with van der Waals surface area (Å²) in [6.45, 7) is 2.62. The van der Waals surface area contributed by atoms with Crippen LogP contribution in [0.15, 0.2) is 53.6 Å². The standard InChI is InChI=1S/C21H23N3O5/c1-2-3-11-22-19(25)20(26)24-23-13-16-9-10-18(17(12-16)21(27)28)29-14-15-7-5-4-6-8-15/h4-10,12-13H,2-3,11,14H2,1H3,(H,22,25)(H,24,26)(H,27,28)/b23-13-. The van der Waals surface area contributed by atoms with Gasteiger partial charge in [-0.25, -0.2) is 10.2 Å². The van der Waals surface area contributed by atoms with E-state index >= 15 is 0 Å². The molecule has 0 saturated heterocycles. The van der Waals surface area contributed by atoms with E-state index in [2.05, 4.69) is 15.8 Å². The van der Waals surface area contributed by atoms with E-state index in [-0.39, 0.29) is 17.9 Å². The second-order valence-electron chi connectivity index (χ2n) is 6.14. The number of benzene rings is 2. The number of unbranched alkanes of at least 4 members (excludes halogenated alkanes) is 1. The first-order valence-electron chi connectivity index (χ1n) is 9.16. The van der Waals surface area contributed by atoms with Crippen molar-refractivity contribution < 1.29 is 24.2 Å². The van der Waals surface area contributed by atoms with Crippen LogP contribution in [0.3, 0.4) is 0 Å². The van der Waals surface area contributed by atoms with E-state index in [0.717, 1.165) is 18.4 Å². The zero-order chi connectivity index (χ0) is 21.1. The summed E-state index contributed by atoms with van der Waals surface area (Å²) < 4.78 is 5.61. The lowest BCUT2D eigenvalue weighted by atomic mass is 10.1. The van der Waals surface area contributed by atoms with Crippen molar-refractivity contribution in [3.05, 3.63) is 65.2 Å². The number of aromatic carboxylic acids is 1. The number of nitrogens with one attached hydrogen (secondary N) is 2. The molecule has 0 bridgehead atoms. The molecular formula is C21H23N3O5. The first kappa shape index (κ1) is 21.6. The summed E-state index contributed by atoms with van der Waals surface area (Å²) in [5.41, 5.74) is 3.42. The predicted octanol–water partition coefficient (Wildman–Crippen LogP) is 2.33. The molecule has 0 saturated carbocycles. The summed E-state index contributed by atoms with van der Waals surface area (Å²) >= 11 is 0. The summed E-state index contributed by atoms with van der Waals surface area (Å²) in [7, 11) is 0. The van der Waals surface area contributed by atoms with Crippen molar-refractivity contribution >= 4 is 24.0 Å². The van der Waals surface area contributed by atoms with Crippen molar-refractivity contribution in [3.63, 3.8) is 0 Å². The molecule has 0 unspecified atom stereocenters. The minimum atomic E-state index is -1.15. The summed E-state index contributed by atoms with van der Waals surface area (Å²) in [5, 5.41) is 15.6. The largest absolute Gasteiger partial charge is 0.488 e. The van der Waals surface area contributed by atoms with Crippen molar-refractivity contribution in [3.8, 4) is 5.75 Å². The Balaban J connectivity index is 1.98. The number of hydrogen-bond donors (Lipinski definition) is 3. The smallest absolute Gasteiger partial charge is 0.339 e. The Labute approximate surface area is 168 Å². The number of rotatable bonds is 9. The first-order chi connectivity index (χ1) is 14.0. The lowest BCUT2D eigenvalue weighted by Crippen LogP contribution is -2.38. The van der Waals surface area contributed by atoms with Gasteiger partial charge in [0.15, 0.2) is 0 Å². The fraction of sp³-hybridized carbons (Fsp3) is 0.238. The van der Waals surface area contributed by atoms with Crippen molar-refractivity contribution in [2.75, 3.05) is 6.54 Å². The molecule has 0 aliphatic rings. The van der Waals surface area contributed by atoms with Crippen LogP contribution < -0.4 is 15.5 Å². The average molecular weight is 397 g/mol. The monoisotopic (exact) mass is 397 g/mol. The van der Waals surface area contributed by atoms with E-state index < -0.39 is 17.8 Å². The first-order valence-corrected chi connectivity index (χ1v) is 9.16. The van der Waals surface area contributed by atoms with Gasteiger partial charge in [0.2, 0.25) is 0 Å². The number of ether oxygens (including phenoxy) is 1. The molecule has 0 spiro atoms. The van der Waals surface area contributed by atoms with E-state index in [0.29, 0.717) is 12.1 Å². The molecule has 152 valence electrons. The van der Waals surface area contributed by atoms with Crippen LogP contribution in [0.1, 0.15) is 41.3 Å². The molecule has 0 aromatic heterocycles. The summed E-state index contributed by atoms with van der Waals surface area (Å²) in [5.74, 6) is -2.59. The number of carbonyl (C=O) groups is 3. The van der Waals surface area contributed by atoms with Crippen LogP contribution in [0.25, 0.3) is 0 Å². The van der Waals surface area contributed by atoms with Crippen molar-refractivity contribution in [1.29, 1.82) is 0 Å². The molecule has 0 aliphatic carbocycles. The maximum atomic E-state index is 11.6. The normalized spacial score (nSPS) is 10.5. The van der Waals surface area contributed by atoms with Crippen molar-refractivity contribution in [2.24, 2.45) is 5.10 Å². The van der Waals surface area contributed by atoms with Gasteiger partial charge in [0.1, 0.15) is 17.9 Å². The van der Waals surface area contributed by atoms with Gasteiger partial charge in [-0.3, -0.25) is 9.59 Å². The molecule has 0 aliphatic heterocycles. The fourth-order valence-corrected chi connectivity index (χ4v) is 2.33. The molecule has 8 heteroatoms. The second kappa shape index (κ2) is 11.2. The maximum Gasteiger partial charge on any atom is 0.339 e. The van der Waals surface area contributed by atoms with Crippen LogP contribution >= 0.6 is 0 Å². The third-order valence-electron chi connectivity index (χ3n) is 3.87. The third kappa shape index (κ3) is 7.10. The van der Waals surface area contributed by atoms with Gasteiger partial charge < -0.3 is 15.2 Å². The van der Waals surface area contributed by atoms with Crippen LogP contribution in [0.5, 0.6) is 5.75 Å². The van der Waals surface area contributed by atoms with Gasteiger partial charge in [0.05, 0.1) is 6.21 Å². The molecule has 29 heavy (non-hydrogen) atoms. The molecular weight excluding hydrogens is 374 g/mol. The molecule has 2 aromatic rings. The number of hydrazone groups is 1. The average Bonchev–Trinajstić information content (AvgIpc) is 2.73. The third-order valence-corrected chi connectivity index (χ3v) is 3.87. The van der Waals surface area contributed by atoms with Gasteiger partial charge >= 0.3 is 17.8 Å². The zero-order valence-corrected chi connectivity index (χ0v) is 16.1. The van der Waals surface area contributed by atoms with E-state index in [1.165, 1.54) is 18.3 Å². The molecule has 3 N–H and O–H groups in total. The Bertz CT molecular complexity index is 881. The quantitative estimate of drug-likeness (QED) is 0.260. The van der Waals surface area contributed by atoms with Gasteiger partial charge in [-0.1, -0.05) is 43.7 Å². The lowest BCUT2D eigenvalue weighted by molar-refractivity contribution is -0.139. The number of amides is 2. The number of carbonyl (C=O) groups excluding carboxylic acids is 2. The van der Waals surface area contributed by atoms with Crippen molar-refractivity contribution in [1.82, 2.24) is 10.7 Å². The molecule has 0 radical (unpaired) electrons. The Morgan fingerprint density at radius 1 is 1.10 bits per heavy atom. The van der Waals surface area contributed by atoms with Crippen LogP contribution in [-0.2, 0) is 16.2 Å². The van der Waals surface area contributed by atoms with Gasteiger partial charge in [0.25, 0.3) is 0 Å². The number of hydrogen-bond acceptors (Lipinski definition) is 5. The molecule has 0 atom stereocenters. The molecule has 0 heterocycles. The van der Waals surface area contributed by atoms with Crippen LogP contribution in [0, 0.1) is 0 Å². The Morgan fingerprint density at radius 3 is 2.55 bits per heavy atom. The highest BCUT2D eigenvalue weighted by molar-refractivity contribution is 6.35. The molecule has 2 aromatic carbocycles. The van der Waals surface area contributed by atoms with Gasteiger partial charge in [-0.2, -0.15) is 5.10 Å². The Morgan fingerprint density at radius 2 is 1.86 bits per heavy atom. The summed E-state index contributed by atoms with van der Waals surface area (Å²) in [4.78, 5) is 34.7. The van der Waals surface area contributed by atoms with Crippen LogP contribution in [-0.4, -0.2) is 35.6 Å². The molecule has 2 rings (SSSR count). The topological polar surface area (TPSA) is 117 Å². The van der Waals surface area contributed by atoms with Crippen LogP contribution in [0.2, 0.25) is 0 Å². The number of carboxylic acid groups (broad SMARTS) is 1. The molecule has 2 amide bonds. The van der Waals surface area contributed by atoms with Gasteiger partial charge in [-0.15, -0.1) is 0 Å². The Kier molecular flexibility index (Phi) is 8.37. The van der Waals surface area contributed by atoms with E-state index in [1.807, 2.05) is 37.3 Å². The maximum absolute atomic E-state index is 11.6. The van der Waals surface area contributed by atoms with E-state index in [4.69, 9.17) is 4.74 Å². The summed E-state index contributed by atoms with van der Waals surface area (Å²) in [6.07, 6.45) is 2.93. The molecule has 8 nitrogen and oxygen atoms in total.